The highest BCUT2D eigenvalue weighted by Gasteiger charge is 2.31. The summed E-state index contributed by atoms with van der Waals surface area (Å²) in [5, 5.41) is 5.20. The van der Waals surface area contributed by atoms with Crippen molar-refractivity contribution in [3.05, 3.63) is 71.8 Å². The smallest absolute Gasteiger partial charge is 0.408 e. The number of ether oxygens (including phenoxy) is 3. The Hall–Kier alpha value is -3.88. The summed E-state index contributed by atoms with van der Waals surface area (Å²) >= 11 is 0. The molecule has 0 saturated carbocycles. The molecule has 0 fully saturated rings. The number of carbonyl (C=O) groups is 4. The number of alkyl carbamates (subject to hydrolysis) is 1. The first-order valence-electron chi connectivity index (χ1n) is 12.6. The van der Waals surface area contributed by atoms with E-state index in [1.807, 2.05) is 48.5 Å². The summed E-state index contributed by atoms with van der Waals surface area (Å²) in [5.41, 5.74) is 0.868. The molecule has 0 aliphatic heterocycles. The first-order chi connectivity index (χ1) is 17.9. The van der Waals surface area contributed by atoms with Crippen molar-refractivity contribution in [2.24, 2.45) is 5.92 Å². The molecule has 0 saturated heterocycles. The van der Waals surface area contributed by atoms with Gasteiger partial charge in [0.05, 0.1) is 0 Å². The van der Waals surface area contributed by atoms with Gasteiger partial charge in [0.25, 0.3) is 0 Å². The molecule has 9 heteroatoms. The fourth-order valence-electron chi connectivity index (χ4n) is 3.38. The Morgan fingerprint density at radius 1 is 0.789 bits per heavy atom. The minimum atomic E-state index is -1.13. The van der Waals surface area contributed by atoms with Gasteiger partial charge >= 0.3 is 18.0 Å². The summed E-state index contributed by atoms with van der Waals surface area (Å²) in [6.45, 7) is 8.77. The van der Waals surface area contributed by atoms with Gasteiger partial charge in [-0.15, -0.1) is 0 Å². The largest absolute Gasteiger partial charge is 0.461 e. The molecular formula is C29H38N2O7. The third kappa shape index (κ3) is 11.5. The van der Waals surface area contributed by atoms with Crippen LogP contribution in [0, 0.1) is 5.92 Å². The number of rotatable bonds is 12. The predicted octanol–water partition coefficient (Wildman–Crippen LogP) is 4.29. The van der Waals surface area contributed by atoms with Crippen LogP contribution in [-0.4, -0.2) is 41.6 Å². The molecule has 2 amide bonds. The van der Waals surface area contributed by atoms with Crippen molar-refractivity contribution < 1.29 is 33.4 Å². The fraction of sp³-hybridized carbons (Fsp3) is 0.448. The Bertz CT molecular complexity index is 1050. The van der Waals surface area contributed by atoms with Gasteiger partial charge < -0.3 is 24.8 Å². The monoisotopic (exact) mass is 526 g/mol. The van der Waals surface area contributed by atoms with Crippen LogP contribution in [0.3, 0.4) is 0 Å². The highest BCUT2D eigenvalue weighted by Crippen LogP contribution is 2.12. The van der Waals surface area contributed by atoms with Gasteiger partial charge in [-0.05, 0) is 44.2 Å². The van der Waals surface area contributed by atoms with Gasteiger partial charge in [-0.2, -0.15) is 0 Å². The molecule has 0 bridgehead atoms. The van der Waals surface area contributed by atoms with Crippen LogP contribution >= 0.6 is 0 Å². The summed E-state index contributed by atoms with van der Waals surface area (Å²) in [4.78, 5) is 50.7. The average Bonchev–Trinajstić information content (AvgIpc) is 2.87. The Labute approximate surface area is 224 Å². The molecule has 0 aliphatic carbocycles. The molecule has 2 N–H and O–H groups in total. The number of carbonyl (C=O) groups excluding carboxylic acids is 4. The van der Waals surface area contributed by atoms with Gasteiger partial charge in [-0.3, -0.25) is 9.59 Å². The van der Waals surface area contributed by atoms with E-state index in [1.165, 1.54) is 0 Å². The van der Waals surface area contributed by atoms with E-state index in [-0.39, 0.29) is 32.0 Å². The van der Waals surface area contributed by atoms with E-state index in [0.717, 1.165) is 11.1 Å². The van der Waals surface area contributed by atoms with Crippen molar-refractivity contribution >= 4 is 23.9 Å². The number of esters is 2. The summed E-state index contributed by atoms with van der Waals surface area (Å²) in [6.07, 6.45) is -0.909. The molecular weight excluding hydrogens is 488 g/mol. The second kappa shape index (κ2) is 14.8. The van der Waals surface area contributed by atoms with Crippen molar-refractivity contribution in [2.45, 2.75) is 78.4 Å². The van der Waals surface area contributed by atoms with Crippen molar-refractivity contribution in [1.29, 1.82) is 0 Å². The van der Waals surface area contributed by atoms with Crippen LogP contribution in [0.15, 0.2) is 60.7 Å². The summed E-state index contributed by atoms with van der Waals surface area (Å²) in [7, 11) is 0. The first kappa shape index (κ1) is 30.3. The molecule has 2 aromatic carbocycles. The van der Waals surface area contributed by atoms with Crippen LogP contribution in [0.4, 0.5) is 4.79 Å². The summed E-state index contributed by atoms with van der Waals surface area (Å²) < 4.78 is 16.0. The number of benzene rings is 2. The number of hydrogen-bond acceptors (Lipinski definition) is 7. The van der Waals surface area contributed by atoms with E-state index in [1.54, 1.807) is 46.8 Å². The van der Waals surface area contributed by atoms with Gasteiger partial charge in [-0.25, -0.2) is 9.59 Å². The maximum Gasteiger partial charge on any atom is 0.408 e. The lowest BCUT2D eigenvalue weighted by Crippen LogP contribution is -2.54. The van der Waals surface area contributed by atoms with Crippen molar-refractivity contribution in [3.63, 3.8) is 0 Å². The van der Waals surface area contributed by atoms with E-state index in [9.17, 15) is 19.2 Å². The van der Waals surface area contributed by atoms with Gasteiger partial charge in [0, 0.05) is 6.42 Å². The molecule has 0 heterocycles. The Morgan fingerprint density at radius 2 is 1.32 bits per heavy atom. The van der Waals surface area contributed by atoms with Crippen LogP contribution < -0.4 is 10.6 Å². The molecule has 9 nitrogen and oxygen atoms in total. The maximum atomic E-state index is 13.1. The van der Waals surface area contributed by atoms with Crippen LogP contribution in [-0.2, 0) is 41.8 Å². The van der Waals surface area contributed by atoms with Gasteiger partial charge in [0.15, 0.2) is 0 Å². The lowest BCUT2D eigenvalue weighted by Gasteiger charge is -2.26. The zero-order valence-corrected chi connectivity index (χ0v) is 22.7. The third-order valence-electron chi connectivity index (χ3n) is 5.33. The van der Waals surface area contributed by atoms with Crippen LogP contribution in [0.2, 0.25) is 0 Å². The Balaban J connectivity index is 2.05. The Kier molecular flexibility index (Phi) is 11.8. The van der Waals surface area contributed by atoms with E-state index < -0.39 is 41.6 Å². The van der Waals surface area contributed by atoms with Crippen LogP contribution in [0.1, 0.15) is 58.6 Å². The molecule has 0 aromatic heterocycles. The first-order valence-corrected chi connectivity index (χ1v) is 12.6. The molecule has 2 atom stereocenters. The molecule has 2 rings (SSSR count). The second-order valence-electron chi connectivity index (χ2n) is 10.2. The normalized spacial score (nSPS) is 12.7. The van der Waals surface area contributed by atoms with E-state index in [0.29, 0.717) is 0 Å². The zero-order valence-electron chi connectivity index (χ0n) is 22.7. The van der Waals surface area contributed by atoms with E-state index in [4.69, 9.17) is 14.2 Å². The number of amides is 2. The molecule has 0 unspecified atom stereocenters. The summed E-state index contributed by atoms with van der Waals surface area (Å²) in [5.74, 6) is -2.11. The minimum absolute atomic E-state index is 0.00820. The fourth-order valence-corrected chi connectivity index (χ4v) is 3.38. The molecule has 206 valence electrons. The van der Waals surface area contributed by atoms with Crippen molar-refractivity contribution in [3.8, 4) is 0 Å². The summed E-state index contributed by atoms with van der Waals surface area (Å²) in [6, 6.07) is 16.2. The topological polar surface area (TPSA) is 120 Å². The van der Waals surface area contributed by atoms with E-state index >= 15 is 0 Å². The Morgan fingerprint density at radius 3 is 1.82 bits per heavy atom. The molecule has 0 aliphatic rings. The molecule has 0 spiro atoms. The third-order valence-corrected chi connectivity index (χ3v) is 5.33. The molecule has 2 aromatic rings. The lowest BCUT2D eigenvalue weighted by molar-refractivity contribution is -0.150. The van der Waals surface area contributed by atoms with Gasteiger partial charge in [0.2, 0.25) is 5.91 Å². The van der Waals surface area contributed by atoms with Gasteiger partial charge in [-0.1, -0.05) is 74.5 Å². The van der Waals surface area contributed by atoms with Crippen molar-refractivity contribution in [2.75, 3.05) is 0 Å². The molecule has 38 heavy (non-hydrogen) atoms. The van der Waals surface area contributed by atoms with Gasteiger partial charge in [0.1, 0.15) is 30.9 Å². The van der Waals surface area contributed by atoms with Crippen LogP contribution in [0.5, 0.6) is 0 Å². The average molecular weight is 527 g/mol. The highest BCUT2D eigenvalue weighted by molar-refractivity contribution is 5.90. The minimum Gasteiger partial charge on any atom is -0.461 e. The standard InChI is InChI=1S/C29H38N2O7/c1-20(2)25(31-28(35)38-29(3,4)5)26(33)30-23(27(34)37-19-22-14-10-7-11-15-22)16-17-24(32)36-18-21-12-8-6-9-13-21/h6-15,20,23,25H,16-19H2,1-5H3,(H,30,33)(H,31,35)/t23-,25-/m0/s1. The van der Waals surface area contributed by atoms with E-state index in [2.05, 4.69) is 10.6 Å². The lowest BCUT2D eigenvalue weighted by atomic mass is 10.0. The predicted molar refractivity (Wildman–Crippen MR) is 142 cm³/mol. The van der Waals surface area contributed by atoms with Crippen LogP contribution in [0.25, 0.3) is 0 Å². The highest BCUT2D eigenvalue weighted by atomic mass is 16.6. The quantitative estimate of drug-likeness (QED) is 0.313. The zero-order chi connectivity index (χ0) is 28.1. The molecule has 0 radical (unpaired) electrons. The number of nitrogens with one attached hydrogen (secondary N) is 2. The second-order valence-corrected chi connectivity index (χ2v) is 10.2. The number of hydrogen-bond donors (Lipinski definition) is 2. The van der Waals surface area contributed by atoms with Crippen molar-refractivity contribution in [1.82, 2.24) is 10.6 Å². The maximum absolute atomic E-state index is 13.1. The SMILES string of the molecule is CC(C)[C@H](NC(=O)OC(C)(C)C)C(=O)N[C@@H](CCC(=O)OCc1ccccc1)C(=O)OCc1ccccc1.